The second-order valence-electron chi connectivity index (χ2n) is 5.25. The number of carbonyl (C=O) groups excluding carboxylic acids is 1. The SMILES string of the molecule is COC(=O)c1ccc(N)c(NC(C)(C)C2CC2)n1. The fraction of sp³-hybridized carbons (Fsp3) is 0.538. The van der Waals surface area contributed by atoms with E-state index < -0.39 is 5.97 Å². The molecular formula is C13H19N3O2. The first-order valence-electron chi connectivity index (χ1n) is 6.07. The summed E-state index contributed by atoms with van der Waals surface area (Å²) < 4.78 is 4.65. The Balaban J connectivity index is 2.23. The zero-order valence-corrected chi connectivity index (χ0v) is 11.0. The van der Waals surface area contributed by atoms with Crippen LogP contribution in [0.1, 0.15) is 37.2 Å². The second-order valence-corrected chi connectivity index (χ2v) is 5.25. The van der Waals surface area contributed by atoms with Crippen molar-refractivity contribution in [3.05, 3.63) is 17.8 Å². The summed E-state index contributed by atoms with van der Waals surface area (Å²) in [6, 6.07) is 3.24. The number of rotatable bonds is 4. The fourth-order valence-electron chi connectivity index (χ4n) is 2.00. The van der Waals surface area contributed by atoms with Gasteiger partial charge in [0.1, 0.15) is 0 Å². The lowest BCUT2D eigenvalue weighted by molar-refractivity contribution is 0.0594. The molecule has 0 amide bonds. The molecular weight excluding hydrogens is 230 g/mol. The third-order valence-electron chi connectivity index (χ3n) is 3.36. The van der Waals surface area contributed by atoms with Gasteiger partial charge in [-0.1, -0.05) is 0 Å². The van der Waals surface area contributed by atoms with Crippen molar-refractivity contribution in [2.24, 2.45) is 5.92 Å². The van der Waals surface area contributed by atoms with E-state index in [1.54, 1.807) is 12.1 Å². The molecule has 1 heterocycles. The summed E-state index contributed by atoms with van der Waals surface area (Å²) in [5, 5.41) is 3.32. The first-order chi connectivity index (χ1) is 8.44. The van der Waals surface area contributed by atoms with Gasteiger partial charge in [-0.3, -0.25) is 0 Å². The van der Waals surface area contributed by atoms with E-state index >= 15 is 0 Å². The van der Waals surface area contributed by atoms with Crippen LogP contribution >= 0.6 is 0 Å². The zero-order valence-electron chi connectivity index (χ0n) is 11.0. The van der Waals surface area contributed by atoms with Gasteiger partial charge in [0, 0.05) is 5.54 Å². The first-order valence-corrected chi connectivity index (χ1v) is 6.07. The van der Waals surface area contributed by atoms with E-state index in [4.69, 9.17) is 5.73 Å². The minimum atomic E-state index is -0.456. The highest BCUT2D eigenvalue weighted by molar-refractivity contribution is 5.88. The van der Waals surface area contributed by atoms with Crippen molar-refractivity contribution in [2.45, 2.75) is 32.2 Å². The van der Waals surface area contributed by atoms with Gasteiger partial charge >= 0.3 is 5.97 Å². The van der Waals surface area contributed by atoms with Crippen LogP contribution in [0.15, 0.2) is 12.1 Å². The number of aromatic nitrogens is 1. The molecule has 1 aliphatic carbocycles. The quantitative estimate of drug-likeness (QED) is 0.798. The maximum absolute atomic E-state index is 11.4. The molecule has 0 spiro atoms. The van der Waals surface area contributed by atoms with Crippen LogP contribution < -0.4 is 11.1 Å². The second kappa shape index (κ2) is 4.48. The van der Waals surface area contributed by atoms with Crippen molar-refractivity contribution in [1.82, 2.24) is 4.98 Å². The minimum absolute atomic E-state index is 0.0597. The summed E-state index contributed by atoms with van der Waals surface area (Å²) in [4.78, 5) is 15.7. The Morgan fingerprint density at radius 2 is 2.17 bits per heavy atom. The number of nitrogens with two attached hydrogens (primary N) is 1. The standard InChI is InChI=1S/C13H19N3O2/c1-13(2,8-4-5-8)16-11-9(14)6-7-10(15-11)12(17)18-3/h6-8H,4-5,14H2,1-3H3,(H,15,16). The number of nitrogens with one attached hydrogen (secondary N) is 1. The lowest BCUT2D eigenvalue weighted by Gasteiger charge is -2.27. The summed E-state index contributed by atoms with van der Waals surface area (Å²) in [6.45, 7) is 4.24. The molecule has 18 heavy (non-hydrogen) atoms. The molecule has 3 N–H and O–H groups in total. The molecule has 1 aliphatic rings. The summed E-state index contributed by atoms with van der Waals surface area (Å²) in [5.74, 6) is 0.734. The van der Waals surface area contributed by atoms with Crippen LogP contribution in [-0.4, -0.2) is 23.6 Å². The number of methoxy groups -OCH3 is 1. The van der Waals surface area contributed by atoms with Crippen LogP contribution in [0, 0.1) is 5.92 Å². The molecule has 0 aliphatic heterocycles. The third-order valence-corrected chi connectivity index (χ3v) is 3.36. The van der Waals surface area contributed by atoms with E-state index in [0.29, 0.717) is 17.4 Å². The predicted octanol–water partition coefficient (Wildman–Crippen LogP) is 2.05. The van der Waals surface area contributed by atoms with Gasteiger partial charge in [-0.15, -0.1) is 0 Å². The topological polar surface area (TPSA) is 77.2 Å². The normalized spacial score (nSPS) is 15.3. The van der Waals surface area contributed by atoms with Crippen LogP contribution in [-0.2, 0) is 4.74 Å². The number of anilines is 2. The van der Waals surface area contributed by atoms with Gasteiger partial charge in [-0.25, -0.2) is 9.78 Å². The van der Waals surface area contributed by atoms with E-state index in [9.17, 15) is 4.79 Å². The Labute approximate surface area is 107 Å². The highest BCUT2D eigenvalue weighted by Crippen LogP contribution is 2.41. The molecule has 0 saturated heterocycles. The molecule has 1 saturated carbocycles. The number of nitrogen functional groups attached to an aromatic ring is 1. The van der Waals surface area contributed by atoms with Crippen molar-refractivity contribution in [3.8, 4) is 0 Å². The molecule has 5 nitrogen and oxygen atoms in total. The maximum Gasteiger partial charge on any atom is 0.356 e. The molecule has 0 aromatic carbocycles. The van der Waals surface area contributed by atoms with Crippen LogP contribution in [0.4, 0.5) is 11.5 Å². The molecule has 1 fully saturated rings. The van der Waals surface area contributed by atoms with Gasteiger partial charge in [0.15, 0.2) is 11.5 Å². The van der Waals surface area contributed by atoms with Gasteiger partial charge < -0.3 is 15.8 Å². The van der Waals surface area contributed by atoms with Crippen LogP contribution in [0.3, 0.4) is 0 Å². The number of carbonyl (C=O) groups is 1. The lowest BCUT2D eigenvalue weighted by atomic mass is 9.99. The molecule has 1 aromatic rings. The Morgan fingerprint density at radius 3 is 2.72 bits per heavy atom. The number of pyridine rings is 1. The van der Waals surface area contributed by atoms with Crippen LogP contribution in [0.2, 0.25) is 0 Å². The molecule has 2 rings (SSSR count). The summed E-state index contributed by atoms with van der Waals surface area (Å²) >= 11 is 0. The van der Waals surface area contributed by atoms with Crippen molar-refractivity contribution in [3.63, 3.8) is 0 Å². The Morgan fingerprint density at radius 1 is 1.50 bits per heavy atom. The number of ether oxygens (including phenoxy) is 1. The van der Waals surface area contributed by atoms with E-state index in [-0.39, 0.29) is 11.2 Å². The van der Waals surface area contributed by atoms with Gasteiger partial charge in [0.25, 0.3) is 0 Å². The average Bonchev–Trinajstić information content (AvgIpc) is 3.15. The highest BCUT2D eigenvalue weighted by atomic mass is 16.5. The Kier molecular flexibility index (Phi) is 3.15. The van der Waals surface area contributed by atoms with E-state index in [0.717, 1.165) is 0 Å². The minimum Gasteiger partial charge on any atom is -0.464 e. The molecule has 1 aromatic heterocycles. The molecule has 0 unspecified atom stereocenters. The molecule has 0 bridgehead atoms. The number of nitrogens with zero attached hydrogens (tertiary/aromatic N) is 1. The van der Waals surface area contributed by atoms with Crippen LogP contribution in [0.25, 0.3) is 0 Å². The number of hydrogen-bond donors (Lipinski definition) is 2. The van der Waals surface area contributed by atoms with Crippen LogP contribution in [0.5, 0.6) is 0 Å². The Bertz CT molecular complexity index is 467. The third kappa shape index (κ3) is 2.55. The van der Waals surface area contributed by atoms with Gasteiger partial charge in [-0.2, -0.15) is 0 Å². The number of hydrogen-bond acceptors (Lipinski definition) is 5. The fourth-order valence-corrected chi connectivity index (χ4v) is 2.00. The first kappa shape index (κ1) is 12.7. The predicted molar refractivity (Wildman–Crippen MR) is 70.4 cm³/mol. The van der Waals surface area contributed by atoms with Gasteiger partial charge in [-0.05, 0) is 44.7 Å². The smallest absolute Gasteiger partial charge is 0.356 e. The van der Waals surface area contributed by atoms with Crippen molar-refractivity contribution >= 4 is 17.5 Å². The van der Waals surface area contributed by atoms with Crippen molar-refractivity contribution in [1.29, 1.82) is 0 Å². The summed E-state index contributed by atoms with van der Waals surface area (Å²) in [5.41, 5.74) is 6.62. The largest absolute Gasteiger partial charge is 0.464 e. The lowest BCUT2D eigenvalue weighted by Crippen LogP contribution is -2.34. The van der Waals surface area contributed by atoms with E-state index in [2.05, 4.69) is 28.9 Å². The van der Waals surface area contributed by atoms with E-state index in [1.807, 2.05) is 0 Å². The summed E-state index contributed by atoms with van der Waals surface area (Å²) in [7, 11) is 1.33. The van der Waals surface area contributed by atoms with E-state index in [1.165, 1.54) is 20.0 Å². The maximum atomic E-state index is 11.4. The zero-order chi connectivity index (χ0) is 13.3. The van der Waals surface area contributed by atoms with Gasteiger partial charge in [0.2, 0.25) is 0 Å². The highest BCUT2D eigenvalue weighted by Gasteiger charge is 2.38. The van der Waals surface area contributed by atoms with Crippen molar-refractivity contribution < 1.29 is 9.53 Å². The number of esters is 1. The molecule has 0 radical (unpaired) electrons. The Hall–Kier alpha value is -1.78. The summed E-state index contributed by atoms with van der Waals surface area (Å²) in [6.07, 6.45) is 2.44. The van der Waals surface area contributed by atoms with Crippen molar-refractivity contribution in [2.75, 3.05) is 18.2 Å². The van der Waals surface area contributed by atoms with Gasteiger partial charge in [0.05, 0.1) is 12.8 Å². The molecule has 0 atom stereocenters. The monoisotopic (exact) mass is 249 g/mol. The molecule has 5 heteroatoms. The molecule has 98 valence electrons. The average molecular weight is 249 g/mol.